The van der Waals surface area contributed by atoms with Crippen molar-refractivity contribution < 1.29 is 9.90 Å². The molecule has 7 heteroatoms. The Hall–Kier alpha value is -3.35. The smallest absolute Gasteiger partial charge is 0.303 e. The van der Waals surface area contributed by atoms with Gasteiger partial charge in [0.25, 0.3) is 0 Å². The Morgan fingerprint density at radius 2 is 1.81 bits per heavy atom. The van der Waals surface area contributed by atoms with Crippen molar-refractivity contribution in [1.82, 2.24) is 0 Å². The molecule has 0 bridgehead atoms. The van der Waals surface area contributed by atoms with Gasteiger partial charge in [-0.15, -0.1) is 0 Å². The first-order valence-electron chi connectivity index (χ1n) is 8.20. The number of nitrogens with one attached hydrogen (secondary N) is 1. The Balaban J connectivity index is 2.13. The third kappa shape index (κ3) is 5.62. The molecule has 1 atom stereocenters. The lowest BCUT2D eigenvalue weighted by molar-refractivity contribution is -0.137. The van der Waals surface area contributed by atoms with Gasteiger partial charge < -0.3 is 22.3 Å². The first-order valence-corrected chi connectivity index (χ1v) is 8.20. The summed E-state index contributed by atoms with van der Waals surface area (Å²) >= 11 is 0. The van der Waals surface area contributed by atoms with Gasteiger partial charge in [-0.25, -0.2) is 4.99 Å². The highest BCUT2D eigenvalue weighted by Crippen LogP contribution is 2.27. The van der Waals surface area contributed by atoms with Crippen molar-refractivity contribution in [3.8, 4) is 0 Å². The molecule has 1 unspecified atom stereocenters. The summed E-state index contributed by atoms with van der Waals surface area (Å²) in [6.07, 6.45) is 1.40. The second kappa shape index (κ2) is 8.66. The van der Waals surface area contributed by atoms with Crippen molar-refractivity contribution >= 4 is 23.5 Å². The molecule has 2 aromatic carbocycles. The van der Waals surface area contributed by atoms with Gasteiger partial charge in [-0.2, -0.15) is 0 Å². The van der Waals surface area contributed by atoms with Gasteiger partial charge in [-0.1, -0.05) is 30.3 Å². The summed E-state index contributed by atoms with van der Waals surface area (Å²) < 4.78 is 0. The highest BCUT2D eigenvalue weighted by Gasteiger charge is 2.16. The van der Waals surface area contributed by atoms with E-state index >= 15 is 0 Å². The van der Waals surface area contributed by atoms with Gasteiger partial charge in [-0.05, 0) is 48.1 Å². The summed E-state index contributed by atoms with van der Waals surface area (Å²) in [7, 11) is 0. The lowest BCUT2D eigenvalue weighted by Crippen LogP contribution is -2.21. The van der Waals surface area contributed by atoms with E-state index in [1.165, 1.54) is 0 Å². The second-order valence-corrected chi connectivity index (χ2v) is 6.08. The fourth-order valence-corrected chi connectivity index (χ4v) is 2.78. The van der Waals surface area contributed by atoms with E-state index in [0.717, 1.165) is 11.1 Å². The Bertz CT molecular complexity index is 811. The summed E-state index contributed by atoms with van der Waals surface area (Å²) in [5.74, 6) is -1.05. The summed E-state index contributed by atoms with van der Waals surface area (Å²) in [5.41, 5.74) is 19.5. The van der Waals surface area contributed by atoms with Crippen LogP contribution in [0.5, 0.6) is 0 Å². The molecule has 0 saturated carbocycles. The molecular weight excluding hydrogens is 330 g/mol. The maximum atomic E-state index is 11.3. The van der Waals surface area contributed by atoms with Crippen LogP contribution >= 0.6 is 0 Å². The van der Waals surface area contributed by atoms with Gasteiger partial charge in [0.1, 0.15) is 5.84 Å². The van der Waals surface area contributed by atoms with Crippen molar-refractivity contribution in [2.24, 2.45) is 22.2 Å². The molecule has 0 fully saturated rings. The highest BCUT2D eigenvalue weighted by atomic mass is 16.4. The number of aliphatic carboxylic acids is 1. The number of carboxylic acid groups (broad SMARTS) is 1. The number of nitrogen functional groups attached to an aromatic ring is 1. The monoisotopic (exact) mass is 353 g/mol. The molecule has 0 spiro atoms. The van der Waals surface area contributed by atoms with Gasteiger partial charge in [-0.3, -0.25) is 10.2 Å². The van der Waals surface area contributed by atoms with Crippen LogP contribution in [-0.2, 0) is 11.2 Å². The van der Waals surface area contributed by atoms with Crippen LogP contribution in [0.4, 0.5) is 5.69 Å². The SMILES string of the molecule is N=C(N)c1cccc(C(CCc2ccc(N=C(N)N)cc2)CC(=O)O)c1. The maximum Gasteiger partial charge on any atom is 0.303 e. The third-order valence-corrected chi connectivity index (χ3v) is 4.07. The van der Waals surface area contributed by atoms with Crippen LogP contribution in [0.3, 0.4) is 0 Å². The van der Waals surface area contributed by atoms with Crippen LogP contribution in [0.2, 0.25) is 0 Å². The summed E-state index contributed by atoms with van der Waals surface area (Å²) in [4.78, 5) is 15.2. The Labute approximate surface area is 152 Å². The molecule has 0 saturated heterocycles. The number of hydrogen-bond acceptors (Lipinski definition) is 3. The number of carbonyl (C=O) groups is 1. The summed E-state index contributed by atoms with van der Waals surface area (Å²) in [5, 5.41) is 16.8. The molecule has 2 rings (SSSR count). The molecule has 7 nitrogen and oxygen atoms in total. The van der Waals surface area contributed by atoms with Gasteiger partial charge in [0.2, 0.25) is 0 Å². The minimum absolute atomic E-state index is 0.00428. The van der Waals surface area contributed by atoms with Crippen molar-refractivity contribution in [2.75, 3.05) is 0 Å². The van der Waals surface area contributed by atoms with Crippen LogP contribution in [0.1, 0.15) is 35.4 Å². The number of benzene rings is 2. The second-order valence-electron chi connectivity index (χ2n) is 6.08. The molecule has 0 aliphatic carbocycles. The van der Waals surface area contributed by atoms with Gasteiger partial charge >= 0.3 is 5.97 Å². The number of carboxylic acids is 1. The lowest BCUT2D eigenvalue weighted by Gasteiger charge is -2.16. The van der Waals surface area contributed by atoms with Crippen LogP contribution in [0, 0.1) is 5.41 Å². The number of hydrogen-bond donors (Lipinski definition) is 5. The molecule has 0 aliphatic heterocycles. The number of nitrogens with zero attached hydrogens (tertiary/aromatic N) is 1. The highest BCUT2D eigenvalue weighted by molar-refractivity contribution is 5.95. The quantitative estimate of drug-likeness (QED) is 0.363. The summed E-state index contributed by atoms with van der Waals surface area (Å²) in [6, 6.07) is 14.7. The minimum atomic E-state index is -0.855. The Morgan fingerprint density at radius 1 is 1.12 bits per heavy atom. The minimum Gasteiger partial charge on any atom is -0.481 e. The predicted molar refractivity (Wildman–Crippen MR) is 103 cm³/mol. The Kier molecular flexibility index (Phi) is 6.32. The predicted octanol–water partition coefficient (Wildman–Crippen LogP) is 2.07. The van der Waals surface area contributed by atoms with Crippen molar-refractivity contribution in [3.05, 3.63) is 65.2 Å². The average molecular weight is 353 g/mol. The van der Waals surface area contributed by atoms with Gasteiger partial charge in [0.05, 0.1) is 12.1 Å². The van der Waals surface area contributed by atoms with Crippen molar-refractivity contribution in [1.29, 1.82) is 5.41 Å². The number of nitrogens with two attached hydrogens (primary N) is 3. The number of amidine groups is 1. The molecule has 0 amide bonds. The van der Waals surface area contributed by atoms with Crippen LogP contribution < -0.4 is 17.2 Å². The van der Waals surface area contributed by atoms with Crippen molar-refractivity contribution in [3.63, 3.8) is 0 Å². The fraction of sp³-hybridized carbons (Fsp3) is 0.211. The zero-order chi connectivity index (χ0) is 19.1. The van der Waals surface area contributed by atoms with E-state index < -0.39 is 5.97 Å². The molecular formula is C19H23N5O2. The molecule has 0 heterocycles. The number of aryl methyl sites for hydroxylation is 1. The fourth-order valence-electron chi connectivity index (χ4n) is 2.78. The number of aliphatic imine (C=N–C) groups is 1. The van der Waals surface area contributed by atoms with E-state index in [4.69, 9.17) is 22.6 Å². The number of guanidine groups is 1. The Morgan fingerprint density at radius 3 is 2.38 bits per heavy atom. The topological polar surface area (TPSA) is 152 Å². The van der Waals surface area contributed by atoms with E-state index in [1.807, 2.05) is 30.3 Å². The first-order chi connectivity index (χ1) is 12.3. The molecule has 0 aliphatic rings. The van der Waals surface area contributed by atoms with E-state index in [-0.39, 0.29) is 24.1 Å². The molecule has 136 valence electrons. The van der Waals surface area contributed by atoms with Crippen LogP contribution in [0.25, 0.3) is 0 Å². The largest absolute Gasteiger partial charge is 0.481 e. The molecule has 2 aromatic rings. The van der Waals surface area contributed by atoms with Crippen molar-refractivity contribution in [2.45, 2.75) is 25.2 Å². The van der Waals surface area contributed by atoms with Gasteiger partial charge in [0.15, 0.2) is 5.96 Å². The van der Waals surface area contributed by atoms with E-state index in [0.29, 0.717) is 24.1 Å². The van der Waals surface area contributed by atoms with E-state index in [1.54, 1.807) is 18.2 Å². The normalized spacial score (nSPS) is 11.5. The summed E-state index contributed by atoms with van der Waals surface area (Å²) in [6.45, 7) is 0. The van der Waals surface area contributed by atoms with Gasteiger partial charge in [0, 0.05) is 5.56 Å². The van der Waals surface area contributed by atoms with Crippen LogP contribution in [0.15, 0.2) is 53.5 Å². The molecule has 0 radical (unpaired) electrons. The molecule has 8 N–H and O–H groups in total. The molecule has 0 aromatic heterocycles. The number of rotatable bonds is 8. The molecule has 26 heavy (non-hydrogen) atoms. The third-order valence-electron chi connectivity index (χ3n) is 4.07. The average Bonchev–Trinajstić information content (AvgIpc) is 2.59. The lowest BCUT2D eigenvalue weighted by atomic mass is 9.88. The zero-order valence-corrected chi connectivity index (χ0v) is 14.4. The standard InChI is InChI=1S/C19H23N5O2/c20-18(21)15-3-1-2-13(10-15)14(11-17(25)26)7-4-12-5-8-16(9-6-12)24-19(22)23/h1-3,5-6,8-10,14H,4,7,11H2,(H3,20,21)(H,25,26)(H4,22,23,24). The van der Waals surface area contributed by atoms with Crippen LogP contribution in [-0.4, -0.2) is 22.9 Å². The van der Waals surface area contributed by atoms with E-state index in [9.17, 15) is 9.90 Å². The zero-order valence-electron chi connectivity index (χ0n) is 14.4. The van der Waals surface area contributed by atoms with E-state index in [2.05, 4.69) is 4.99 Å². The maximum absolute atomic E-state index is 11.3. The first kappa shape index (κ1) is 19.0.